The molecule has 17 heteroatoms. The fourth-order valence-electron chi connectivity index (χ4n) is 3.95. The summed E-state index contributed by atoms with van der Waals surface area (Å²) in [6.07, 6.45) is -10.9. The van der Waals surface area contributed by atoms with Crippen molar-refractivity contribution in [3.05, 3.63) is 0 Å². The van der Waals surface area contributed by atoms with Gasteiger partial charge in [-0.3, -0.25) is 23.2 Å². The number of alkyl halides is 6. The van der Waals surface area contributed by atoms with E-state index in [2.05, 4.69) is 19.7 Å². The first kappa shape index (κ1) is 37.0. The molecule has 41 heavy (non-hydrogen) atoms. The van der Waals surface area contributed by atoms with Crippen LogP contribution in [0.3, 0.4) is 0 Å². The maximum atomic E-state index is 13.4. The van der Waals surface area contributed by atoms with Crippen LogP contribution in [0.1, 0.15) is 67.7 Å². The summed E-state index contributed by atoms with van der Waals surface area (Å²) in [5, 5.41) is 4.72. The summed E-state index contributed by atoms with van der Waals surface area (Å²) in [6.45, 7) is 6.99. The van der Waals surface area contributed by atoms with E-state index in [1.807, 2.05) is 0 Å². The van der Waals surface area contributed by atoms with Gasteiger partial charge in [-0.2, -0.15) is 26.3 Å². The Morgan fingerprint density at radius 1 is 0.927 bits per heavy atom. The van der Waals surface area contributed by atoms with E-state index < -0.39 is 86.4 Å². The van der Waals surface area contributed by atoms with Crippen LogP contribution in [-0.4, -0.2) is 78.4 Å². The second-order valence-electron chi connectivity index (χ2n) is 11.5. The molecule has 1 aliphatic heterocycles. The van der Waals surface area contributed by atoms with Gasteiger partial charge in [-0.25, -0.2) is 4.79 Å². The van der Waals surface area contributed by atoms with Crippen molar-refractivity contribution in [2.45, 2.75) is 104 Å². The van der Waals surface area contributed by atoms with Crippen LogP contribution in [-0.2, 0) is 27.9 Å². The Bertz CT molecular complexity index is 931. The first-order valence-electron chi connectivity index (χ1n) is 13.1. The van der Waals surface area contributed by atoms with Crippen LogP contribution in [0.2, 0.25) is 0 Å². The zero-order valence-corrected chi connectivity index (χ0v) is 25.0. The van der Waals surface area contributed by atoms with Gasteiger partial charge in [0, 0.05) is 6.54 Å². The number of carbonyl (C=O) groups is 3. The minimum Gasteiger partial charge on any atom is -0.444 e. The lowest BCUT2D eigenvalue weighted by Crippen LogP contribution is -2.56. The van der Waals surface area contributed by atoms with Crippen LogP contribution in [0, 0.1) is 11.8 Å². The molecule has 3 atom stereocenters. The zero-order chi connectivity index (χ0) is 32.0. The Hall–Kier alpha value is -2.06. The number of nitrogens with one attached hydrogen (secondary N) is 2. The second-order valence-corrected chi connectivity index (χ2v) is 13.7. The van der Waals surface area contributed by atoms with Crippen molar-refractivity contribution in [2.75, 3.05) is 19.8 Å². The zero-order valence-electron chi connectivity index (χ0n) is 24.1. The SMILES string of the molecule is CC(C)CC(NC(=O)[C@@H]1CCCN1C(=O)[C@@H](NC(=O)OC(C)(C)C)C(C)C)P(=O)(OCC(F)(F)F)OCC(F)(F)F. The number of amides is 3. The van der Waals surface area contributed by atoms with Gasteiger partial charge in [0.2, 0.25) is 11.8 Å². The summed E-state index contributed by atoms with van der Waals surface area (Å²) in [4.78, 5) is 40.2. The Morgan fingerprint density at radius 2 is 1.44 bits per heavy atom. The molecular formula is C24H40F6N3O7P. The van der Waals surface area contributed by atoms with Gasteiger partial charge < -0.3 is 20.3 Å². The molecule has 0 aromatic carbocycles. The fourth-order valence-corrected chi connectivity index (χ4v) is 6.00. The van der Waals surface area contributed by atoms with Crippen LogP contribution >= 0.6 is 7.60 Å². The van der Waals surface area contributed by atoms with Crippen molar-refractivity contribution in [3.63, 3.8) is 0 Å². The van der Waals surface area contributed by atoms with Gasteiger partial charge in [-0.05, 0) is 51.9 Å². The van der Waals surface area contributed by atoms with E-state index in [0.717, 1.165) is 4.90 Å². The molecule has 3 amide bonds. The van der Waals surface area contributed by atoms with Crippen LogP contribution in [0.4, 0.5) is 31.1 Å². The lowest BCUT2D eigenvalue weighted by Gasteiger charge is -2.33. The fraction of sp³-hybridized carbons (Fsp3) is 0.875. The van der Waals surface area contributed by atoms with Crippen LogP contribution in [0.25, 0.3) is 0 Å². The van der Waals surface area contributed by atoms with E-state index in [9.17, 15) is 45.3 Å². The molecule has 0 spiro atoms. The highest BCUT2D eigenvalue weighted by molar-refractivity contribution is 7.54. The van der Waals surface area contributed by atoms with Crippen molar-refractivity contribution < 1.29 is 59.1 Å². The summed E-state index contributed by atoms with van der Waals surface area (Å²) in [7, 11) is -5.24. The smallest absolute Gasteiger partial charge is 0.412 e. The summed E-state index contributed by atoms with van der Waals surface area (Å²) in [5.74, 6) is -4.40. The molecule has 2 N–H and O–H groups in total. The highest BCUT2D eigenvalue weighted by Crippen LogP contribution is 2.55. The van der Waals surface area contributed by atoms with Gasteiger partial charge in [-0.1, -0.05) is 27.7 Å². The number of halogens is 6. The van der Waals surface area contributed by atoms with E-state index in [0.29, 0.717) is 6.42 Å². The van der Waals surface area contributed by atoms with Gasteiger partial charge >= 0.3 is 26.0 Å². The molecule has 0 bridgehead atoms. The van der Waals surface area contributed by atoms with Gasteiger partial charge in [0.25, 0.3) is 0 Å². The number of ether oxygens (including phenoxy) is 1. The average Bonchev–Trinajstić information content (AvgIpc) is 3.26. The molecule has 1 rings (SSSR count). The molecule has 1 unspecified atom stereocenters. The molecule has 240 valence electrons. The lowest BCUT2D eigenvalue weighted by atomic mass is 10.0. The number of alkyl carbamates (subject to hydrolysis) is 1. The molecule has 0 saturated carbocycles. The first-order valence-corrected chi connectivity index (χ1v) is 14.7. The van der Waals surface area contributed by atoms with Crippen molar-refractivity contribution in [1.82, 2.24) is 15.5 Å². The van der Waals surface area contributed by atoms with E-state index in [1.54, 1.807) is 34.6 Å². The third kappa shape index (κ3) is 13.2. The monoisotopic (exact) mass is 627 g/mol. The predicted octanol–water partition coefficient (Wildman–Crippen LogP) is 5.37. The van der Waals surface area contributed by atoms with Gasteiger partial charge in [0.1, 0.15) is 23.5 Å². The molecule has 0 aromatic rings. The topological polar surface area (TPSA) is 123 Å². The number of hydrogen-bond donors (Lipinski definition) is 2. The van der Waals surface area contributed by atoms with Gasteiger partial charge in [0.05, 0.1) is 0 Å². The van der Waals surface area contributed by atoms with E-state index in [1.165, 1.54) is 13.8 Å². The molecule has 1 aliphatic rings. The maximum Gasteiger partial charge on any atom is 0.412 e. The van der Waals surface area contributed by atoms with Crippen molar-refractivity contribution >= 4 is 25.5 Å². The Labute approximate surface area is 235 Å². The molecule has 1 heterocycles. The minimum atomic E-state index is -5.24. The summed E-state index contributed by atoms with van der Waals surface area (Å²) >= 11 is 0. The summed E-state index contributed by atoms with van der Waals surface area (Å²) < 4.78 is 105. The molecule has 10 nitrogen and oxygen atoms in total. The minimum absolute atomic E-state index is 0.0811. The molecule has 1 saturated heterocycles. The third-order valence-electron chi connectivity index (χ3n) is 5.65. The quantitative estimate of drug-likeness (QED) is 0.221. The molecule has 0 radical (unpaired) electrons. The van der Waals surface area contributed by atoms with E-state index in [4.69, 9.17) is 4.74 Å². The number of nitrogens with zero attached hydrogens (tertiary/aromatic N) is 1. The standard InChI is InChI=1S/C24H40F6N3O7P/c1-14(2)11-17(41(37,38-12-23(25,26)27)39-13-24(28,29)30)31-19(34)16-9-8-10-33(16)20(35)18(15(3)4)32-21(36)40-22(5,6)7/h14-18H,8-13H2,1-7H3,(H,31,34)(H,32,36)/t16-,17?,18-/m0/s1. The lowest BCUT2D eigenvalue weighted by molar-refractivity contribution is -0.166. The normalized spacial score (nSPS) is 18.4. The second kappa shape index (κ2) is 14.4. The molecular weight excluding hydrogens is 587 g/mol. The summed E-state index contributed by atoms with van der Waals surface area (Å²) in [6, 6.07) is -2.32. The third-order valence-corrected chi connectivity index (χ3v) is 7.73. The maximum absolute atomic E-state index is 13.4. The first-order chi connectivity index (χ1) is 18.4. The number of carbonyl (C=O) groups excluding carboxylic acids is 3. The highest BCUT2D eigenvalue weighted by Gasteiger charge is 2.46. The predicted molar refractivity (Wildman–Crippen MR) is 136 cm³/mol. The van der Waals surface area contributed by atoms with Crippen molar-refractivity contribution in [3.8, 4) is 0 Å². The van der Waals surface area contributed by atoms with E-state index in [-0.39, 0.29) is 19.4 Å². The van der Waals surface area contributed by atoms with Crippen LogP contribution < -0.4 is 10.6 Å². The van der Waals surface area contributed by atoms with E-state index >= 15 is 0 Å². The summed E-state index contributed by atoms with van der Waals surface area (Å²) in [5.41, 5.74) is -0.855. The van der Waals surface area contributed by atoms with Crippen LogP contribution in [0.15, 0.2) is 0 Å². The number of likely N-dealkylation sites (tertiary alicyclic amines) is 1. The van der Waals surface area contributed by atoms with Crippen molar-refractivity contribution in [2.24, 2.45) is 11.8 Å². The van der Waals surface area contributed by atoms with Crippen LogP contribution in [0.5, 0.6) is 0 Å². The largest absolute Gasteiger partial charge is 0.444 e. The average molecular weight is 628 g/mol. The Morgan fingerprint density at radius 3 is 1.85 bits per heavy atom. The molecule has 0 aliphatic carbocycles. The highest BCUT2D eigenvalue weighted by atomic mass is 31.2. The van der Waals surface area contributed by atoms with Gasteiger partial charge in [-0.15, -0.1) is 0 Å². The molecule has 1 fully saturated rings. The number of hydrogen-bond acceptors (Lipinski definition) is 7. The van der Waals surface area contributed by atoms with Gasteiger partial charge in [0.15, 0.2) is 13.2 Å². The molecule has 0 aromatic heterocycles. The number of rotatable bonds is 12. The Balaban J connectivity index is 3.24. The van der Waals surface area contributed by atoms with Crippen molar-refractivity contribution in [1.29, 1.82) is 0 Å². The Kier molecular flexibility index (Phi) is 13.0.